The number of alkyl halides is 3. The van der Waals surface area contributed by atoms with E-state index in [9.17, 15) is 13.2 Å². The summed E-state index contributed by atoms with van der Waals surface area (Å²) in [6.07, 6.45) is -7.25. The summed E-state index contributed by atoms with van der Waals surface area (Å²) in [5.41, 5.74) is 0. The summed E-state index contributed by atoms with van der Waals surface area (Å²) in [5.74, 6) is 0. The Morgan fingerprint density at radius 1 is 1.25 bits per heavy atom. The van der Waals surface area contributed by atoms with Crippen molar-refractivity contribution in [3.63, 3.8) is 0 Å². The Morgan fingerprint density at radius 2 is 1.83 bits per heavy atom. The normalized spacial score (nSPS) is 38.2. The molecule has 0 N–H and O–H groups in total. The van der Waals surface area contributed by atoms with E-state index in [4.69, 9.17) is 4.74 Å². The van der Waals surface area contributed by atoms with Crippen molar-refractivity contribution < 1.29 is 22.6 Å². The zero-order valence-electron chi connectivity index (χ0n) is 6.89. The molecule has 0 radical (unpaired) electrons. The highest BCUT2D eigenvalue weighted by atomic mass is 19.4. The molecule has 1 saturated heterocycles. The highest BCUT2D eigenvalue weighted by Crippen LogP contribution is 2.29. The molecular weight excluding hydrogens is 173 g/mol. The molecule has 0 aliphatic carbocycles. The smallest absolute Gasteiger partial charge is 0.370 e. The monoisotopic (exact) mass is 184 g/mol. The molecule has 72 valence electrons. The van der Waals surface area contributed by atoms with Crippen molar-refractivity contribution in [2.45, 2.75) is 38.3 Å². The molecule has 1 fully saturated rings. The second-order valence-corrected chi connectivity index (χ2v) is 2.95. The van der Waals surface area contributed by atoms with E-state index in [2.05, 4.69) is 4.74 Å². The summed E-state index contributed by atoms with van der Waals surface area (Å²) < 4.78 is 45.9. The van der Waals surface area contributed by atoms with Crippen LogP contribution in [0.2, 0.25) is 0 Å². The minimum absolute atomic E-state index is 0.00845. The van der Waals surface area contributed by atoms with Gasteiger partial charge in [-0.15, -0.1) is 0 Å². The first-order valence-corrected chi connectivity index (χ1v) is 3.75. The van der Waals surface area contributed by atoms with Crippen LogP contribution in [0.4, 0.5) is 13.2 Å². The Labute approximate surface area is 68.6 Å². The van der Waals surface area contributed by atoms with Gasteiger partial charge in [0, 0.05) is 0 Å². The van der Waals surface area contributed by atoms with Gasteiger partial charge in [-0.25, -0.2) is 0 Å². The molecule has 1 heterocycles. The number of ether oxygens (including phenoxy) is 2. The van der Waals surface area contributed by atoms with Crippen LogP contribution in [-0.2, 0) is 9.47 Å². The zero-order valence-corrected chi connectivity index (χ0v) is 6.89. The van der Waals surface area contributed by atoms with Crippen molar-refractivity contribution in [2.75, 3.05) is 6.61 Å². The molecule has 0 aromatic rings. The van der Waals surface area contributed by atoms with Crippen LogP contribution < -0.4 is 0 Å². The lowest BCUT2D eigenvalue weighted by molar-refractivity contribution is -0.286. The second-order valence-electron chi connectivity index (χ2n) is 2.95. The number of halogens is 3. The Kier molecular flexibility index (Phi) is 2.63. The van der Waals surface area contributed by atoms with E-state index in [0.717, 1.165) is 0 Å². The summed E-state index contributed by atoms with van der Waals surface area (Å²) in [5, 5.41) is 0. The largest absolute Gasteiger partial charge is 0.417 e. The average molecular weight is 184 g/mol. The van der Waals surface area contributed by atoms with Crippen LogP contribution in [0.1, 0.15) is 13.8 Å². The minimum Gasteiger partial charge on any atom is -0.370 e. The summed E-state index contributed by atoms with van der Waals surface area (Å²) in [6, 6.07) is 0. The Morgan fingerprint density at radius 3 is 2.25 bits per heavy atom. The fraction of sp³-hybridized carbons (Fsp3) is 1.00. The van der Waals surface area contributed by atoms with Crippen LogP contribution in [0.5, 0.6) is 0 Å². The molecule has 0 aromatic heterocycles. The van der Waals surface area contributed by atoms with E-state index in [1.807, 2.05) is 0 Å². The lowest BCUT2D eigenvalue weighted by Crippen LogP contribution is -2.48. The second kappa shape index (κ2) is 3.22. The highest BCUT2D eigenvalue weighted by Gasteiger charge is 2.47. The van der Waals surface area contributed by atoms with Gasteiger partial charge in [0.1, 0.15) is 0 Å². The molecule has 0 bridgehead atoms. The van der Waals surface area contributed by atoms with Crippen molar-refractivity contribution in [3.05, 3.63) is 0 Å². The first kappa shape index (κ1) is 9.80. The highest BCUT2D eigenvalue weighted by molar-refractivity contribution is 4.79. The molecule has 0 amide bonds. The maximum Gasteiger partial charge on any atom is 0.417 e. The predicted octanol–water partition coefficient (Wildman–Crippen LogP) is 1.74. The van der Waals surface area contributed by atoms with Crippen molar-refractivity contribution in [1.29, 1.82) is 0 Å². The third-order valence-electron chi connectivity index (χ3n) is 1.71. The first-order chi connectivity index (χ1) is 5.41. The molecule has 12 heavy (non-hydrogen) atoms. The maximum absolute atomic E-state index is 12.1. The summed E-state index contributed by atoms with van der Waals surface area (Å²) in [7, 11) is 0. The minimum atomic E-state index is -4.32. The van der Waals surface area contributed by atoms with Crippen LogP contribution >= 0.6 is 0 Å². The zero-order chi connectivity index (χ0) is 9.35. The Balaban J connectivity index is 2.57. The summed E-state index contributed by atoms with van der Waals surface area (Å²) in [6.45, 7) is 3.06. The van der Waals surface area contributed by atoms with E-state index in [1.54, 1.807) is 6.92 Å². The van der Waals surface area contributed by atoms with Crippen LogP contribution in [-0.4, -0.2) is 31.1 Å². The van der Waals surface area contributed by atoms with E-state index >= 15 is 0 Å². The van der Waals surface area contributed by atoms with Gasteiger partial charge in [-0.05, 0) is 13.8 Å². The molecular formula is C7H11F3O2. The van der Waals surface area contributed by atoms with Gasteiger partial charge in [0.2, 0.25) is 0 Å². The standard InChI is InChI=1S/C7H11F3O2/c1-4-3-11-6(5(2)12-4)7(8,9)10/h4-6H,3H2,1-2H3. The SMILES string of the molecule is CC1COC(C(F)(F)F)C(C)O1. The quantitative estimate of drug-likeness (QED) is 0.571. The van der Waals surface area contributed by atoms with Gasteiger partial charge in [-0.3, -0.25) is 0 Å². The average Bonchev–Trinajstić information content (AvgIpc) is 1.83. The predicted molar refractivity (Wildman–Crippen MR) is 35.8 cm³/mol. The number of rotatable bonds is 0. The van der Waals surface area contributed by atoms with Crippen molar-refractivity contribution in [2.24, 2.45) is 0 Å². The molecule has 1 aliphatic heterocycles. The summed E-state index contributed by atoms with van der Waals surface area (Å²) in [4.78, 5) is 0. The van der Waals surface area contributed by atoms with Crippen LogP contribution in [0.3, 0.4) is 0 Å². The van der Waals surface area contributed by atoms with Crippen LogP contribution in [0, 0.1) is 0 Å². The fourth-order valence-electron chi connectivity index (χ4n) is 1.21. The van der Waals surface area contributed by atoms with Crippen molar-refractivity contribution >= 4 is 0 Å². The van der Waals surface area contributed by atoms with Gasteiger partial charge >= 0.3 is 6.18 Å². The van der Waals surface area contributed by atoms with Gasteiger partial charge in [-0.1, -0.05) is 0 Å². The fourth-order valence-corrected chi connectivity index (χ4v) is 1.21. The third-order valence-corrected chi connectivity index (χ3v) is 1.71. The van der Waals surface area contributed by atoms with Crippen LogP contribution in [0.15, 0.2) is 0 Å². The van der Waals surface area contributed by atoms with Gasteiger partial charge in [0.25, 0.3) is 0 Å². The molecule has 1 rings (SSSR count). The number of hydrogen-bond acceptors (Lipinski definition) is 2. The molecule has 3 unspecified atom stereocenters. The lowest BCUT2D eigenvalue weighted by atomic mass is 10.2. The molecule has 0 aromatic carbocycles. The van der Waals surface area contributed by atoms with E-state index in [1.165, 1.54) is 6.92 Å². The van der Waals surface area contributed by atoms with Crippen molar-refractivity contribution in [3.8, 4) is 0 Å². The van der Waals surface area contributed by atoms with Gasteiger partial charge in [-0.2, -0.15) is 13.2 Å². The third kappa shape index (κ3) is 2.10. The van der Waals surface area contributed by atoms with Crippen LogP contribution in [0.25, 0.3) is 0 Å². The molecule has 3 atom stereocenters. The Hall–Kier alpha value is -0.290. The van der Waals surface area contributed by atoms with Gasteiger partial charge < -0.3 is 9.47 Å². The molecule has 5 heteroatoms. The first-order valence-electron chi connectivity index (χ1n) is 3.75. The summed E-state index contributed by atoms with van der Waals surface area (Å²) >= 11 is 0. The topological polar surface area (TPSA) is 18.5 Å². The van der Waals surface area contributed by atoms with Gasteiger partial charge in [0.15, 0.2) is 6.10 Å². The Bertz CT molecular complexity index is 157. The molecule has 1 aliphatic rings. The maximum atomic E-state index is 12.1. The van der Waals surface area contributed by atoms with Gasteiger partial charge in [0.05, 0.1) is 18.8 Å². The van der Waals surface area contributed by atoms with E-state index in [-0.39, 0.29) is 12.7 Å². The van der Waals surface area contributed by atoms with Crippen molar-refractivity contribution in [1.82, 2.24) is 0 Å². The van der Waals surface area contributed by atoms with E-state index in [0.29, 0.717) is 0 Å². The van der Waals surface area contributed by atoms with E-state index < -0.39 is 18.4 Å². The molecule has 0 spiro atoms. The lowest BCUT2D eigenvalue weighted by Gasteiger charge is -2.34. The molecule has 0 saturated carbocycles. The molecule has 2 nitrogen and oxygen atoms in total. The number of hydrogen-bond donors (Lipinski definition) is 0.